The molecule has 0 N–H and O–H groups in total. The molecule has 1 amide bonds. The molecule has 1 unspecified atom stereocenters. The molecule has 0 radical (unpaired) electrons. The van der Waals surface area contributed by atoms with Crippen molar-refractivity contribution in [3.05, 3.63) is 0 Å². The molecule has 0 bridgehead atoms. The van der Waals surface area contributed by atoms with Crippen LogP contribution in [0.4, 0.5) is 4.79 Å². The molecule has 2 atom stereocenters. The summed E-state index contributed by atoms with van der Waals surface area (Å²) in [6, 6.07) is 0.828. The summed E-state index contributed by atoms with van der Waals surface area (Å²) in [5.41, 5.74) is -0.408. The van der Waals surface area contributed by atoms with Gasteiger partial charge in [0.2, 0.25) is 0 Å². The summed E-state index contributed by atoms with van der Waals surface area (Å²) in [6.45, 7) is 8.60. The molecular weight excluding hydrogens is 216 g/mol. The van der Waals surface area contributed by atoms with Crippen LogP contribution in [0, 0.1) is 0 Å². The first-order valence-corrected chi connectivity index (χ1v) is 6.37. The van der Waals surface area contributed by atoms with Crippen molar-refractivity contribution >= 4 is 6.09 Å². The zero-order valence-corrected chi connectivity index (χ0v) is 12.0. The van der Waals surface area contributed by atoms with Crippen molar-refractivity contribution < 1.29 is 9.53 Å². The van der Waals surface area contributed by atoms with E-state index in [4.69, 9.17) is 4.74 Å². The van der Waals surface area contributed by atoms with Gasteiger partial charge in [-0.05, 0) is 54.6 Å². The number of hydrogen-bond donors (Lipinski definition) is 0. The average Bonchev–Trinajstić information content (AvgIpc) is 2.14. The minimum absolute atomic E-state index is 0.179. The van der Waals surface area contributed by atoms with Gasteiger partial charge in [-0.3, -0.25) is 0 Å². The van der Waals surface area contributed by atoms with E-state index in [0.29, 0.717) is 6.04 Å². The van der Waals surface area contributed by atoms with E-state index in [9.17, 15) is 4.79 Å². The molecule has 1 aliphatic rings. The summed E-state index contributed by atoms with van der Waals surface area (Å²) in [6.07, 6.45) is 1.87. The molecule has 0 aromatic carbocycles. The predicted octanol–water partition coefficient (Wildman–Crippen LogP) is 2.34. The molecule has 1 saturated heterocycles. The summed E-state index contributed by atoms with van der Waals surface area (Å²) < 4.78 is 5.42. The molecule has 0 saturated carbocycles. The predicted molar refractivity (Wildman–Crippen MR) is 69.1 cm³/mol. The number of nitrogens with zero attached hydrogens (tertiary/aromatic N) is 2. The Morgan fingerprint density at radius 1 is 1.35 bits per heavy atom. The Balaban J connectivity index is 2.55. The minimum Gasteiger partial charge on any atom is -0.444 e. The zero-order valence-electron chi connectivity index (χ0n) is 12.0. The van der Waals surface area contributed by atoms with E-state index in [2.05, 4.69) is 25.9 Å². The Morgan fingerprint density at radius 3 is 2.35 bits per heavy atom. The van der Waals surface area contributed by atoms with E-state index in [-0.39, 0.29) is 12.1 Å². The Labute approximate surface area is 105 Å². The number of ether oxygens (including phenoxy) is 1. The van der Waals surface area contributed by atoms with E-state index in [0.717, 1.165) is 19.4 Å². The van der Waals surface area contributed by atoms with Gasteiger partial charge in [-0.25, -0.2) is 4.79 Å². The molecule has 1 fully saturated rings. The van der Waals surface area contributed by atoms with Crippen molar-refractivity contribution in [2.24, 2.45) is 0 Å². The molecule has 0 aromatic heterocycles. The van der Waals surface area contributed by atoms with Crippen molar-refractivity contribution in [3.63, 3.8) is 0 Å². The minimum atomic E-state index is -0.408. The van der Waals surface area contributed by atoms with Gasteiger partial charge in [-0.15, -0.1) is 0 Å². The Morgan fingerprint density at radius 2 is 1.94 bits per heavy atom. The van der Waals surface area contributed by atoms with Gasteiger partial charge >= 0.3 is 6.09 Å². The van der Waals surface area contributed by atoms with Crippen LogP contribution in [-0.2, 0) is 4.74 Å². The fourth-order valence-electron chi connectivity index (χ4n) is 2.21. The first-order valence-electron chi connectivity index (χ1n) is 6.37. The number of hydrogen-bond acceptors (Lipinski definition) is 3. The Kier molecular flexibility index (Phi) is 4.42. The number of carbonyl (C=O) groups excluding carboxylic acids is 1. The normalized spacial score (nSPS) is 26.2. The van der Waals surface area contributed by atoms with Gasteiger partial charge in [0.1, 0.15) is 5.60 Å². The van der Waals surface area contributed by atoms with Crippen LogP contribution in [0.2, 0.25) is 0 Å². The molecule has 0 aliphatic carbocycles. The van der Waals surface area contributed by atoms with Crippen LogP contribution in [0.3, 0.4) is 0 Å². The third-order valence-electron chi connectivity index (χ3n) is 3.21. The van der Waals surface area contributed by atoms with Crippen molar-refractivity contribution in [1.29, 1.82) is 0 Å². The number of amides is 1. The van der Waals surface area contributed by atoms with E-state index in [1.165, 1.54) is 0 Å². The highest BCUT2D eigenvalue weighted by molar-refractivity contribution is 5.68. The molecule has 4 heteroatoms. The second kappa shape index (κ2) is 5.25. The van der Waals surface area contributed by atoms with Gasteiger partial charge in [0.25, 0.3) is 0 Å². The van der Waals surface area contributed by atoms with Crippen LogP contribution >= 0.6 is 0 Å². The smallest absolute Gasteiger partial charge is 0.410 e. The molecule has 4 nitrogen and oxygen atoms in total. The van der Waals surface area contributed by atoms with E-state index >= 15 is 0 Å². The van der Waals surface area contributed by atoms with Crippen LogP contribution in [-0.4, -0.2) is 54.2 Å². The van der Waals surface area contributed by atoms with Gasteiger partial charge < -0.3 is 14.5 Å². The largest absolute Gasteiger partial charge is 0.444 e. The first-order chi connectivity index (χ1) is 7.70. The highest BCUT2D eigenvalue weighted by atomic mass is 16.6. The second-order valence-electron chi connectivity index (χ2n) is 6.16. The lowest BCUT2D eigenvalue weighted by Crippen LogP contribution is -2.50. The van der Waals surface area contributed by atoms with Crippen LogP contribution in [0.1, 0.15) is 40.5 Å². The number of likely N-dealkylation sites (tertiary alicyclic amines) is 1. The maximum atomic E-state index is 12.0. The van der Waals surface area contributed by atoms with Crippen LogP contribution in [0.5, 0.6) is 0 Å². The summed E-state index contributed by atoms with van der Waals surface area (Å²) in [7, 11) is 4.20. The SMILES string of the molecule is C[C@@H]1CC(N(C)C)CCN1C(=O)OC(C)(C)C. The van der Waals surface area contributed by atoms with Crippen molar-refractivity contribution in [1.82, 2.24) is 9.80 Å². The molecule has 100 valence electrons. The molecule has 17 heavy (non-hydrogen) atoms. The van der Waals surface area contributed by atoms with Crippen molar-refractivity contribution in [2.75, 3.05) is 20.6 Å². The van der Waals surface area contributed by atoms with Gasteiger partial charge in [0.05, 0.1) is 0 Å². The average molecular weight is 242 g/mol. The van der Waals surface area contributed by atoms with E-state index in [1.807, 2.05) is 25.7 Å². The van der Waals surface area contributed by atoms with Crippen LogP contribution < -0.4 is 0 Å². The highest BCUT2D eigenvalue weighted by Crippen LogP contribution is 2.22. The second-order valence-corrected chi connectivity index (χ2v) is 6.16. The standard InChI is InChI=1S/C13H26N2O2/c1-10-9-11(14(5)6)7-8-15(10)12(16)17-13(2,3)4/h10-11H,7-9H2,1-6H3/t10-,11?/m1/s1. The lowest BCUT2D eigenvalue weighted by molar-refractivity contribution is 0.00474. The number of carbonyl (C=O) groups is 1. The van der Waals surface area contributed by atoms with E-state index < -0.39 is 5.60 Å². The lowest BCUT2D eigenvalue weighted by atomic mass is 9.98. The third kappa shape index (κ3) is 4.19. The Hall–Kier alpha value is -0.770. The summed E-state index contributed by atoms with van der Waals surface area (Å²) in [5.74, 6) is 0. The molecular formula is C13H26N2O2. The highest BCUT2D eigenvalue weighted by Gasteiger charge is 2.32. The lowest BCUT2D eigenvalue weighted by Gasteiger charge is -2.40. The molecule has 1 heterocycles. The van der Waals surface area contributed by atoms with Crippen LogP contribution in [0.15, 0.2) is 0 Å². The monoisotopic (exact) mass is 242 g/mol. The maximum Gasteiger partial charge on any atom is 0.410 e. The quantitative estimate of drug-likeness (QED) is 0.707. The van der Waals surface area contributed by atoms with Crippen LogP contribution in [0.25, 0.3) is 0 Å². The van der Waals surface area contributed by atoms with E-state index in [1.54, 1.807) is 0 Å². The van der Waals surface area contributed by atoms with Gasteiger partial charge in [-0.1, -0.05) is 0 Å². The molecule has 1 aliphatic heterocycles. The molecule has 0 aromatic rings. The van der Waals surface area contributed by atoms with Gasteiger partial charge in [-0.2, -0.15) is 0 Å². The molecule has 0 spiro atoms. The summed E-state index contributed by atoms with van der Waals surface area (Å²) in [5, 5.41) is 0. The summed E-state index contributed by atoms with van der Waals surface area (Å²) in [4.78, 5) is 16.1. The maximum absolute atomic E-state index is 12.0. The first kappa shape index (κ1) is 14.3. The number of rotatable bonds is 1. The van der Waals surface area contributed by atoms with Gasteiger partial charge in [0.15, 0.2) is 0 Å². The van der Waals surface area contributed by atoms with Crippen molar-refractivity contribution in [2.45, 2.75) is 58.2 Å². The summed E-state index contributed by atoms with van der Waals surface area (Å²) >= 11 is 0. The fourth-order valence-corrected chi connectivity index (χ4v) is 2.21. The zero-order chi connectivity index (χ0) is 13.2. The Bertz CT molecular complexity index is 271. The van der Waals surface area contributed by atoms with Crippen molar-refractivity contribution in [3.8, 4) is 0 Å². The number of piperidine rings is 1. The third-order valence-corrected chi connectivity index (χ3v) is 3.21. The molecule has 1 rings (SSSR count). The van der Waals surface area contributed by atoms with Gasteiger partial charge in [0, 0.05) is 18.6 Å². The topological polar surface area (TPSA) is 32.8 Å². The fraction of sp³-hybridized carbons (Fsp3) is 0.923.